The van der Waals surface area contributed by atoms with Gasteiger partial charge in [0, 0.05) is 31.4 Å². The quantitative estimate of drug-likeness (QED) is 0.541. The number of aliphatic hydroxyl groups excluding tert-OH is 1. The minimum Gasteiger partial charge on any atom is -0.385 e. The number of rotatable bonds is 8. The Labute approximate surface area is 202 Å². The van der Waals surface area contributed by atoms with Crippen molar-refractivity contribution in [1.82, 2.24) is 5.32 Å². The highest BCUT2D eigenvalue weighted by atomic mass is 19.1. The average molecular weight is 474 g/mol. The molecule has 2 aromatic carbocycles. The van der Waals surface area contributed by atoms with Gasteiger partial charge >= 0.3 is 0 Å². The van der Waals surface area contributed by atoms with Crippen LogP contribution in [-0.4, -0.2) is 29.7 Å². The molecule has 1 aliphatic carbocycles. The van der Waals surface area contributed by atoms with E-state index in [9.17, 15) is 18.7 Å². The van der Waals surface area contributed by atoms with Crippen molar-refractivity contribution in [3.63, 3.8) is 0 Å². The van der Waals surface area contributed by atoms with Crippen LogP contribution in [0.3, 0.4) is 0 Å². The third kappa shape index (κ3) is 6.86. The molecule has 2 atom stereocenters. The van der Waals surface area contributed by atoms with Crippen molar-refractivity contribution in [2.45, 2.75) is 89.3 Å². The van der Waals surface area contributed by atoms with Crippen LogP contribution in [0.5, 0.6) is 0 Å². The molecule has 1 fully saturated rings. The molecule has 1 amide bonds. The fourth-order valence-corrected chi connectivity index (χ4v) is 5.13. The number of halogens is 2. The van der Waals surface area contributed by atoms with Crippen molar-refractivity contribution < 1.29 is 24.0 Å². The topological polar surface area (TPSA) is 65.9 Å². The molecular formula is C28H39F2N2O2+. The first-order valence-corrected chi connectivity index (χ1v) is 12.3. The van der Waals surface area contributed by atoms with Crippen molar-refractivity contribution in [2.24, 2.45) is 0 Å². The molecule has 3 rings (SSSR count). The Kier molecular flexibility index (Phi) is 8.47. The van der Waals surface area contributed by atoms with E-state index < -0.39 is 23.8 Å². The predicted octanol–water partition coefficient (Wildman–Crippen LogP) is 4.09. The van der Waals surface area contributed by atoms with Gasteiger partial charge in [0.15, 0.2) is 0 Å². The summed E-state index contributed by atoms with van der Waals surface area (Å²) < 4.78 is 27.4. The highest BCUT2D eigenvalue weighted by Crippen LogP contribution is 2.35. The molecule has 0 bridgehead atoms. The minimum absolute atomic E-state index is 0.0438. The zero-order chi connectivity index (χ0) is 24.9. The van der Waals surface area contributed by atoms with Gasteiger partial charge in [-0.15, -0.1) is 0 Å². The lowest BCUT2D eigenvalue weighted by molar-refractivity contribution is -0.745. The van der Waals surface area contributed by atoms with Crippen LogP contribution < -0.4 is 10.6 Å². The second-order valence-electron chi connectivity index (χ2n) is 10.8. The first-order valence-electron chi connectivity index (χ1n) is 12.3. The Morgan fingerprint density at radius 2 is 1.74 bits per heavy atom. The standard InChI is InChI=1S/C28H38F2N2O2/c1-19(33)32-25(15-20-13-23(29)17-24(30)14-20)26(34)18-31-28(11-6-5-7-12-28)22-10-8-9-21(16-22)27(2,3)4/h8-10,13-14,16-17,25-26,31,34H,5-7,11-12,15,18H2,1-4H3,(H,32,33)/p+1/t25-,26+/m0/s1. The van der Waals surface area contributed by atoms with Crippen molar-refractivity contribution in [1.29, 1.82) is 0 Å². The lowest BCUT2D eigenvalue weighted by atomic mass is 9.74. The van der Waals surface area contributed by atoms with Gasteiger partial charge in [-0.25, -0.2) is 8.78 Å². The molecule has 0 spiro atoms. The largest absolute Gasteiger partial charge is 0.385 e. The van der Waals surface area contributed by atoms with E-state index in [1.807, 2.05) is 0 Å². The maximum atomic E-state index is 13.7. The number of carbonyl (C=O) groups excluding carboxylic acids is 1. The lowest BCUT2D eigenvalue weighted by Crippen LogP contribution is -2.97. The van der Waals surface area contributed by atoms with Crippen LogP contribution in [0, 0.1) is 11.6 Å². The number of nitrogens with one attached hydrogen (secondary N) is 1. The molecular weight excluding hydrogens is 434 g/mol. The number of carbonyl (C=O) groups is 1. The highest BCUT2D eigenvalue weighted by molar-refractivity contribution is 5.73. The van der Waals surface area contributed by atoms with Gasteiger partial charge < -0.3 is 15.7 Å². The Morgan fingerprint density at radius 1 is 1.09 bits per heavy atom. The van der Waals surface area contributed by atoms with Gasteiger partial charge in [-0.3, -0.25) is 4.79 Å². The number of aliphatic hydroxyl groups is 1. The van der Waals surface area contributed by atoms with E-state index in [0.29, 0.717) is 12.1 Å². The van der Waals surface area contributed by atoms with Crippen LogP contribution in [-0.2, 0) is 22.2 Å². The molecule has 6 heteroatoms. The molecule has 1 aliphatic rings. The molecule has 1 saturated carbocycles. The van der Waals surface area contributed by atoms with Gasteiger partial charge in [0.25, 0.3) is 0 Å². The van der Waals surface area contributed by atoms with Crippen LogP contribution in [0.25, 0.3) is 0 Å². The van der Waals surface area contributed by atoms with Gasteiger partial charge in [-0.05, 0) is 54.0 Å². The zero-order valence-corrected chi connectivity index (χ0v) is 20.8. The summed E-state index contributed by atoms with van der Waals surface area (Å²) >= 11 is 0. The fraction of sp³-hybridized carbons (Fsp3) is 0.536. The average Bonchev–Trinajstić information content (AvgIpc) is 2.76. The number of hydrogen-bond acceptors (Lipinski definition) is 2. The number of quaternary nitrogens is 1. The molecule has 0 heterocycles. The smallest absolute Gasteiger partial charge is 0.217 e. The summed E-state index contributed by atoms with van der Waals surface area (Å²) in [5.74, 6) is -1.62. The monoisotopic (exact) mass is 473 g/mol. The van der Waals surface area contributed by atoms with E-state index in [1.54, 1.807) is 0 Å². The maximum absolute atomic E-state index is 13.7. The van der Waals surface area contributed by atoms with E-state index >= 15 is 0 Å². The molecule has 4 nitrogen and oxygen atoms in total. The number of hydrogen-bond donors (Lipinski definition) is 3. The van der Waals surface area contributed by atoms with Crippen molar-refractivity contribution in [2.75, 3.05) is 6.54 Å². The summed E-state index contributed by atoms with van der Waals surface area (Å²) in [6.45, 7) is 8.39. The van der Waals surface area contributed by atoms with Gasteiger partial charge in [0.2, 0.25) is 5.91 Å². The molecule has 34 heavy (non-hydrogen) atoms. The van der Waals surface area contributed by atoms with Crippen LogP contribution in [0.15, 0.2) is 42.5 Å². The molecule has 2 aromatic rings. The zero-order valence-electron chi connectivity index (χ0n) is 20.8. The van der Waals surface area contributed by atoms with Gasteiger partial charge in [0.1, 0.15) is 29.8 Å². The summed E-state index contributed by atoms with van der Waals surface area (Å²) in [6.07, 6.45) is 4.78. The fourth-order valence-electron chi connectivity index (χ4n) is 5.13. The Hall–Kier alpha value is -2.31. The lowest BCUT2D eigenvalue weighted by Gasteiger charge is -2.37. The summed E-state index contributed by atoms with van der Waals surface area (Å²) in [6, 6.07) is 11.4. The van der Waals surface area contributed by atoms with Crippen LogP contribution in [0.4, 0.5) is 8.78 Å². The van der Waals surface area contributed by atoms with Crippen LogP contribution in [0.1, 0.15) is 76.5 Å². The van der Waals surface area contributed by atoms with Gasteiger partial charge in [0.05, 0.1) is 6.04 Å². The number of amides is 1. The summed E-state index contributed by atoms with van der Waals surface area (Å²) in [7, 11) is 0. The number of benzene rings is 2. The van der Waals surface area contributed by atoms with Gasteiger partial charge in [-0.2, -0.15) is 0 Å². The van der Waals surface area contributed by atoms with Crippen molar-refractivity contribution >= 4 is 5.91 Å². The Morgan fingerprint density at radius 3 is 2.32 bits per heavy atom. The molecule has 4 N–H and O–H groups in total. The first kappa shape index (κ1) is 26.3. The van der Waals surface area contributed by atoms with Crippen molar-refractivity contribution in [3.8, 4) is 0 Å². The molecule has 186 valence electrons. The molecule has 0 radical (unpaired) electrons. The second kappa shape index (κ2) is 11.0. The van der Waals surface area contributed by atoms with Gasteiger partial charge in [-0.1, -0.05) is 45.4 Å². The van der Waals surface area contributed by atoms with E-state index in [-0.39, 0.29) is 23.3 Å². The Bertz CT molecular complexity index is 960. The minimum atomic E-state index is -0.875. The summed E-state index contributed by atoms with van der Waals surface area (Å²) in [5.41, 5.74) is 2.87. The van der Waals surface area contributed by atoms with E-state index in [1.165, 1.54) is 36.6 Å². The molecule has 0 aliphatic heterocycles. The summed E-state index contributed by atoms with van der Waals surface area (Å²) in [5, 5.41) is 16.1. The highest BCUT2D eigenvalue weighted by Gasteiger charge is 2.39. The summed E-state index contributed by atoms with van der Waals surface area (Å²) in [4.78, 5) is 11.8. The predicted molar refractivity (Wildman–Crippen MR) is 130 cm³/mol. The Balaban J connectivity index is 1.80. The second-order valence-corrected chi connectivity index (χ2v) is 10.8. The number of nitrogens with two attached hydrogens (primary N) is 1. The normalized spacial score (nSPS) is 17.7. The van der Waals surface area contributed by atoms with E-state index in [4.69, 9.17) is 0 Å². The SMILES string of the molecule is CC(=O)N[C@@H](Cc1cc(F)cc(F)c1)[C@H](O)C[NH2+]C1(c2cccc(C(C)(C)C)c2)CCCCC1. The molecule has 0 aromatic heterocycles. The first-order chi connectivity index (χ1) is 16.0. The molecule has 0 unspecified atom stereocenters. The molecule has 0 saturated heterocycles. The van der Waals surface area contributed by atoms with E-state index in [0.717, 1.165) is 31.7 Å². The van der Waals surface area contributed by atoms with Crippen LogP contribution in [0.2, 0.25) is 0 Å². The third-order valence-electron chi connectivity index (χ3n) is 7.03. The maximum Gasteiger partial charge on any atom is 0.217 e. The third-order valence-corrected chi connectivity index (χ3v) is 7.03. The van der Waals surface area contributed by atoms with E-state index in [2.05, 4.69) is 55.7 Å². The van der Waals surface area contributed by atoms with Crippen LogP contribution >= 0.6 is 0 Å². The van der Waals surface area contributed by atoms with Crippen molar-refractivity contribution in [3.05, 3.63) is 70.8 Å².